The number of rotatable bonds is 9. The Labute approximate surface area is 201 Å². The Morgan fingerprint density at radius 2 is 2.03 bits per heavy atom. The fraction of sp³-hybridized carbons (Fsp3) is 0.500. The molecule has 8 heteroatoms. The molecule has 1 aromatic heterocycles. The summed E-state index contributed by atoms with van der Waals surface area (Å²) in [5.74, 6) is 2.52. The van der Waals surface area contributed by atoms with Crippen LogP contribution in [-0.2, 0) is 6.54 Å². The first-order valence-corrected chi connectivity index (χ1v) is 11.2. The normalized spacial score (nSPS) is 15.3. The zero-order valence-corrected chi connectivity index (χ0v) is 20.9. The average Bonchev–Trinajstić information content (AvgIpc) is 3.27. The Morgan fingerprint density at radius 3 is 2.73 bits per heavy atom. The monoisotopic (exact) mass is 544 g/mol. The zero-order chi connectivity index (χ0) is 20.3. The predicted octanol–water partition coefficient (Wildman–Crippen LogP) is 3.97. The highest BCUT2D eigenvalue weighted by atomic mass is 127. The van der Waals surface area contributed by atoms with Crippen molar-refractivity contribution in [2.24, 2.45) is 4.99 Å². The van der Waals surface area contributed by atoms with E-state index >= 15 is 0 Å². The number of nitrogens with one attached hydrogen (secondary N) is 2. The summed E-state index contributed by atoms with van der Waals surface area (Å²) >= 11 is 1.77. The number of hydrogen-bond donors (Lipinski definition) is 2. The van der Waals surface area contributed by atoms with Crippen LogP contribution in [0.1, 0.15) is 24.8 Å². The molecule has 0 aliphatic carbocycles. The van der Waals surface area contributed by atoms with Crippen molar-refractivity contribution in [1.82, 2.24) is 15.5 Å². The van der Waals surface area contributed by atoms with Crippen molar-refractivity contribution < 1.29 is 9.47 Å². The molecule has 0 spiro atoms. The van der Waals surface area contributed by atoms with Crippen LogP contribution >= 0.6 is 35.3 Å². The van der Waals surface area contributed by atoms with Crippen molar-refractivity contribution >= 4 is 41.3 Å². The minimum atomic E-state index is 0. The summed E-state index contributed by atoms with van der Waals surface area (Å²) in [6.07, 6.45) is 3.19. The predicted molar refractivity (Wildman–Crippen MR) is 136 cm³/mol. The molecular formula is C22H33IN4O2S. The lowest BCUT2D eigenvalue weighted by Crippen LogP contribution is -2.48. The van der Waals surface area contributed by atoms with Crippen molar-refractivity contribution in [2.75, 3.05) is 40.4 Å². The number of piperidine rings is 1. The summed E-state index contributed by atoms with van der Waals surface area (Å²) in [5.41, 5.74) is 1.43. The Balaban J connectivity index is 0.00000320. The minimum absolute atomic E-state index is 0. The standard InChI is InChI=1S/C22H32N4O2S.HI/c1-23-22(24-10-4-13-28-21-6-3-5-20(15-21)27-2)25-19-7-11-26(12-8-19)16-18-9-14-29-17-18;/h3,5-6,9,14-15,17,19H,4,7-8,10-13,16H2,1-2H3,(H2,23,24,25);1H. The molecule has 1 fully saturated rings. The second-order valence-electron chi connectivity index (χ2n) is 7.21. The summed E-state index contributed by atoms with van der Waals surface area (Å²) in [5, 5.41) is 11.4. The summed E-state index contributed by atoms with van der Waals surface area (Å²) < 4.78 is 11.0. The van der Waals surface area contributed by atoms with Crippen LogP contribution in [0.3, 0.4) is 0 Å². The van der Waals surface area contributed by atoms with Gasteiger partial charge in [0.15, 0.2) is 5.96 Å². The van der Waals surface area contributed by atoms with E-state index in [1.807, 2.05) is 31.3 Å². The third-order valence-corrected chi connectivity index (χ3v) is 5.79. The number of ether oxygens (including phenoxy) is 2. The van der Waals surface area contributed by atoms with E-state index in [1.165, 1.54) is 5.56 Å². The van der Waals surface area contributed by atoms with E-state index in [0.717, 1.165) is 62.9 Å². The lowest BCUT2D eigenvalue weighted by molar-refractivity contribution is 0.198. The van der Waals surface area contributed by atoms with E-state index in [9.17, 15) is 0 Å². The molecule has 0 unspecified atom stereocenters. The highest BCUT2D eigenvalue weighted by Crippen LogP contribution is 2.19. The van der Waals surface area contributed by atoms with Crippen molar-refractivity contribution in [3.8, 4) is 11.5 Å². The topological polar surface area (TPSA) is 58.1 Å². The molecule has 2 N–H and O–H groups in total. The van der Waals surface area contributed by atoms with E-state index in [4.69, 9.17) is 9.47 Å². The van der Waals surface area contributed by atoms with Crippen molar-refractivity contribution in [3.05, 3.63) is 46.7 Å². The van der Waals surface area contributed by atoms with Gasteiger partial charge >= 0.3 is 0 Å². The van der Waals surface area contributed by atoms with Gasteiger partial charge in [-0.05, 0) is 53.8 Å². The molecule has 1 aliphatic heterocycles. The van der Waals surface area contributed by atoms with Crippen LogP contribution < -0.4 is 20.1 Å². The van der Waals surface area contributed by atoms with Gasteiger partial charge in [0.1, 0.15) is 11.5 Å². The van der Waals surface area contributed by atoms with Gasteiger partial charge in [-0.1, -0.05) is 6.07 Å². The van der Waals surface area contributed by atoms with Gasteiger partial charge in [-0.15, -0.1) is 24.0 Å². The second kappa shape index (κ2) is 13.7. The number of guanidine groups is 1. The molecule has 0 bridgehead atoms. The molecule has 3 rings (SSSR count). The quantitative estimate of drug-likeness (QED) is 0.217. The van der Waals surface area contributed by atoms with Crippen LogP contribution in [0.2, 0.25) is 0 Å². The Kier molecular flexibility index (Phi) is 11.3. The number of nitrogens with zero attached hydrogens (tertiary/aromatic N) is 2. The molecule has 0 atom stereocenters. The molecule has 0 amide bonds. The van der Waals surface area contributed by atoms with Gasteiger partial charge in [-0.25, -0.2) is 0 Å². The first-order valence-electron chi connectivity index (χ1n) is 10.2. The lowest BCUT2D eigenvalue weighted by atomic mass is 10.0. The van der Waals surface area contributed by atoms with Crippen LogP contribution in [0, 0.1) is 0 Å². The van der Waals surface area contributed by atoms with E-state index in [2.05, 4.69) is 37.4 Å². The molecule has 30 heavy (non-hydrogen) atoms. The SMILES string of the molecule is CN=C(NCCCOc1cccc(OC)c1)NC1CCN(Cc2ccsc2)CC1.I. The van der Waals surface area contributed by atoms with E-state index < -0.39 is 0 Å². The summed E-state index contributed by atoms with van der Waals surface area (Å²) in [7, 11) is 3.49. The number of benzene rings is 1. The molecule has 0 saturated carbocycles. The van der Waals surface area contributed by atoms with Crippen LogP contribution in [0.25, 0.3) is 0 Å². The van der Waals surface area contributed by atoms with Crippen LogP contribution in [0.15, 0.2) is 46.1 Å². The molecule has 6 nitrogen and oxygen atoms in total. The van der Waals surface area contributed by atoms with E-state index in [-0.39, 0.29) is 24.0 Å². The molecule has 0 radical (unpaired) electrons. The molecule has 1 saturated heterocycles. The smallest absolute Gasteiger partial charge is 0.191 e. The molecule has 1 aliphatic rings. The Hall–Kier alpha value is -1.52. The maximum Gasteiger partial charge on any atom is 0.191 e. The van der Waals surface area contributed by atoms with E-state index in [1.54, 1.807) is 18.4 Å². The Morgan fingerprint density at radius 1 is 1.23 bits per heavy atom. The average molecular weight is 545 g/mol. The second-order valence-corrected chi connectivity index (χ2v) is 7.99. The number of likely N-dealkylation sites (tertiary alicyclic amines) is 1. The van der Waals surface area contributed by atoms with Gasteiger partial charge in [-0.3, -0.25) is 9.89 Å². The number of thiophene rings is 1. The van der Waals surface area contributed by atoms with Crippen molar-refractivity contribution in [2.45, 2.75) is 31.8 Å². The maximum absolute atomic E-state index is 5.78. The molecular weight excluding hydrogens is 511 g/mol. The Bertz CT molecular complexity index is 749. The number of halogens is 1. The molecule has 2 heterocycles. The first-order chi connectivity index (χ1) is 14.3. The third-order valence-electron chi connectivity index (χ3n) is 5.06. The fourth-order valence-corrected chi connectivity index (χ4v) is 4.08. The third kappa shape index (κ3) is 8.31. The summed E-state index contributed by atoms with van der Waals surface area (Å²) in [6.45, 7) is 4.78. The zero-order valence-electron chi connectivity index (χ0n) is 17.8. The number of hydrogen-bond acceptors (Lipinski definition) is 5. The fourth-order valence-electron chi connectivity index (χ4n) is 3.42. The van der Waals surface area contributed by atoms with E-state index in [0.29, 0.717) is 12.6 Å². The van der Waals surface area contributed by atoms with Crippen molar-refractivity contribution in [1.29, 1.82) is 0 Å². The molecule has 1 aromatic carbocycles. The number of aliphatic imine (C=N–C) groups is 1. The lowest BCUT2D eigenvalue weighted by Gasteiger charge is -2.32. The first kappa shape index (κ1) is 24.7. The van der Waals surface area contributed by atoms with Gasteiger partial charge in [-0.2, -0.15) is 11.3 Å². The summed E-state index contributed by atoms with van der Waals surface area (Å²) in [4.78, 5) is 6.90. The highest BCUT2D eigenvalue weighted by molar-refractivity contribution is 14.0. The van der Waals surface area contributed by atoms with Gasteiger partial charge < -0.3 is 20.1 Å². The largest absolute Gasteiger partial charge is 0.497 e. The molecule has 166 valence electrons. The summed E-state index contributed by atoms with van der Waals surface area (Å²) in [6, 6.07) is 10.4. The molecule has 2 aromatic rings. The maximum atomic E-state index is 5.78. The number of methoxy groups -OCH3 is 1. The highest BCUT2D eigenvalue weighted by Gasteiger charge is 2.20. The van der Waals surface area contributed by atoms with Crippen LogP contribution in [0.5, 0.6) is 11.5 Å². The minimum Gasteiger partial charge on any atom is -0.497 e. The van der Waals surface area contributed by atoms with Gasteiger partial charge in [0.05, 0.1) is 13.7 Å². The van der Waals surface area contributed by atoms with Crippen LogP contribution in [0.4, 0.5) is 0 Å². The van der Waals surface area contributed by atoms with Crippen LogP contribution in [-0.4, -0.2) is 57.3 Å². The van der Waals surface area contributed by atoms with Gasteiger partial charge in [0.2, 0.25) is 0 Å². The van der Waals surface area contributed by atoms with Crippen molar-refractivity contribution in [3.63, 3.8) is 0 Å². The van der Waals surface area contributed by atoms with Gasteiger partial charge in [0.25, 0.3) is 0 Å². The van der Waals surface area contributed by atoms with Gasteiger partial charge in [0, 0.05) is 45.3 Å².